The first-order valence-corrected chi connectivity index (χ1v) is 24.3. The molecule has 1 spiro atoms. The van der Waals surface area contributed by atoms with Crippen molar-refractivity contribution in [3.05, 3.63) is 265 Å². The molecule has 0 atom stereocenters. The van der Waals surface area contributed by atoms with Crippen LogP contribution in [0, 0.1) is 0 Å². The summed E-state index contributed by atoms with van der Waals surface area (Å²) >= 11 is 0. The maximum absolute atomic E-state index is 2.63. The van der Waals surface area contributed by atoms with E-state index in [4.69, 9.17) is 0 Å². The molecule has 316 valence electrons. The molecule has 13 aromatic rings. The monoisotopic (exact) mass is 868 g/mol. The lowest BCUT2D eigenvalue weighted by Gasteiger charge is -2.32. The van der Waals surface area contributed by atoms with Gasteiger partial charge in [0.2, 0.25) is 0 Å². The third-order valence-corrected chi connectivity index (χ3v) is 16.2. The van der Waals surface area contributed by atoms with Crippen LogP contribution < -0.4 is 0 Å². The van der Waals surface area contributed by atoms with Gasteiger partial charge in [0.25, 0.3) is 0 Å². The SMILES string of the molecule is c1ccc(-c2c3c(c(-c4ccccc4)c4ccccc24)-c2ccc(-c4cc5c(c6ccccc46)-c4c(c6ccccc6c6ccccc46)C54c5ccccc5-c5ccccc54)c4cccc-3c24)cc1. The van der Waals surface area contributed by atoms with E-state index < -0.39 is 5.41 Å². The fourth-order valence-electron chi connectivity index (χ4n) is 13.7. The van der Waals surface area contributed by atoms with Gasteiger partial charge in [-0.2, -0.15) is 0 Å². The minimum Gasteiger partial charge on any atom is -0.0622 e. The van der Waals surface area contributed by atoms with Gasteiger partial charge in [-0.3, -0.25) is 0 Å². The molecule has 0 aromatic heterocycles. The van der Waals surface area contributed by atoms with Crippen LogP contribution in [0.1, 0.15) is 22.3 Å². The van der Waals surface area contributed by atoms with Crippen molar-refractivity contribution in [2.24, 2.45) is 0 Å². The maximum atomic E-state index is 2.63. The van der Waals surface area contributed by atoms with E-state index in [1.165, 1.54) is 154 Å². The third-order valence-electron chi connectivity index (χ3n) is 16.2. The number of benzene rings is 13. The highest BCUT2D eigenvalue weighted by atomic mass is 14.5. The Morgan fingerprint density at radius 1 is 0.203 bits per heavy atom. The van der Waals surface area contributed by atoms with Crippen molar-refractivity contribution in [1.29, 1.82) is 0 Å². The normalized spacial score (nSPS) is 13.3. The largest absolute Gasteiger partial charge is 0.0732 e. The molecule has 0 radical (unpaired) electrons. The van der Waals surface area contributed by atoms with Gasteiger partial charge in [0, 0.05) is 0 Å². The van der Waals surface area contributed by atoms with Crippen LogP contribution in [-0.4, -0.2) is 0 Å². The van der Waals surface area contributed by atoms with Crippen LogP contribution >= 0.6 is 0 Å². The number of fused-ring (bicyclic) bond motifs is 21. The summed E-state index contributed by atoms with van der Waals surface area (Å²) < 4.78 is 0. The van der Waals surface area contributed by atoms with Crippen molar-refractivity contribution >= 4 is 53.9 Å². The molecule has 0 nitrogen and oxygen atoms in total. The molecule has 0 heteroatoms. The standard InChI is InChI=1S/C69H40/c1-3-20-41(21-4-1)61-52-31-12-13-32-53(52)62(42-22-5-2-6-23-42)66-56-39-38-46(49-34-19-35-55(63(49)56)65(61)66)57-40-60-64(50-29-10-8-26-45(50)57)67-51-30-11-7-24-43(51)44-25-9-14-33-54(44)68(67)69(60)58-36-17-15-27-47(58)48-28-16-18-37-59(48)69/h1-40H. The predicted octanol–water partition coefficient (Wildman–Crippen LogP) is 18.4. The zero-order chi connectivity index (χ0) is 45.0. The zero-order valence-corrected chi connectivity index (χ0v) is 37.6. The topological polar surface area (TPSA) is 0 Å². The first-order valence-electron chi connectivity index (χ1n) is 24.3. The molecule has 0 heterocycles. The Morgan fingerprint density at radius 3 is 1.20 bits per heavy atom. The average molecular weight is 869 g/mol. The first kappa shape index (κ1) is 37.3. The van der Waals surface area contributed by atoms with E-state index in [0.29, 0.717) is 0 Å². The third kappa shape index (κ3) is 4.64. The molecule has 13 aromatic carbocycles. The fourth-order valence-corrected chi connectivity index (χ4v) is 13.7. The molecular weight excluding hydrogens is 829 g/mol. The lowest BCUT2D eigenvalue weighted by atomic mass is 9.68. The molecule has 0 saturated carbocycles. The van der Waals surface area contributed by atoms with Gasteiger partial charge in [0.05, 0.1) is 5.41 Å². The van der Waals surface area contributed by atoms with E-state index >= 15 is 0 Å². The second-order valence-corrected chi connectivity index (χ2v) is 19.2. The quantitative estimate of drug-likeness (QED) is 0.155. The molecule has 0 unspecified atom stereocenters. The van der Waals surface area contributed by atoms with Crippen molar-refractivity contribution in [3.63, 3.8) is 0 Å². The van der Waals surface area contributed by atoms with E-state index in [1.807, 2.05) is 0 Å². The van der Waals surface area contributed by atoms with E-state index in [0.717, 1.165) is 0 Å². The van der Waals surface area contributed by atoms with Gasteiger partial charge in [0.15, 0.2) is 0 Å². The summed E-state index contributed by atoms with van der Waals surface area (Å²) in [5.74, 6) is 0. The summed E-state index contributed by atoms with van der Waals surface area (Å²) in [6.45, 7) is 0. The molecule has 0 aliphatic heterocycles. The Morgan fingerprint density at radius 2 is 0.609 bits per heavy atom. The lowest BCUT2D eigenvalue weighted by Crippen LogP contribution is -2.26. The van der Waals surface area contributed by atoms with Crippen LogP contribution in [0.3, 0.4) is 0 Å². The maximum Gasteiger partial charge on any atom is 0.0732 e. The van der Waals surface area contributed by atoms with Gasteiger partial charge in [-0.25, -0.2) is 0 Å². The van der Waals surface area contributed by atoms with Crippen LogP contribution in [-0.2, 0) is 5.41 Å². The Bertz CT molecular complexity index is 4260. The van der Waals surface area contributed by atoms with Crippen LogP contribution in [0.2, 0.25) is 0 Å². The van der Waals surface area contributed by atoms with Gasteiger partial charge >= 0.3 is 0 Å². The van der Waals surface area contributed by atoms with E-state index in [9.17, 15) is 0 Å². The number of hydrogen-bond donors (Lipinski definition) is 0. The first-order chi connectivity index (χ1) is 34.3. The van der Waals surface area contributed by atoms with Crippen molar-refractivity contribution in [2.75, 3.05) is 0 Å². The van der Waals surface area contributed by atoms with Gasteiger partial charge < -0.3 is 0 Å². The Hall–Kier alpha value is -8.84. The minimum atomic E-state index is -0.555. The van der Waals surface area contributed by atoms with Crippen molar-refractivity contribution in [3.8, 4) is 77.9 Å². The molecule has 69 heavy (non-hydrogen) atoms. The van der Waals surface area contributed by atoms with Crippen LogP contribution in [0.15, 0.2) is 243 Å². The molecule has 16 rings (SSSR count). The highest BCUT2D eigenvalue weighted by molar-refractivity contribution is 6.30. The Balaban J connectivity index is 1.06. The molecule has 0 saturated heterocycles. The van der Waals surface area contributed by atoms with Crippen LogP contribution in [0.5, 0.6) is 0 Å². The van der Waals surface area contributed by atoms with Crippen LogP contribution in [0.4, 0.5) is 0 Å². The lowest BCUT2D eigenvalue weighted by molar-refractivity contribution is 0.803. The Labute approximate surface area is 400 Å². The van der Waals surface area contributed by atoms with Crippen molar-refractivity contribution in [2.45, 2.75) is 5.41 Å². The van der Waals surface area contributed by atoms with E-state index in [-0.39, 0.29) is 0 Å². The van der Waals surface area contributed by atoms with E-state index in [1.54, 1.807) is 0 Å². The molecule has 0 fully saturated rings. The summed E-state index contributed by atoms with van der Waals surface area (Å²) in [5, 5.41) is 12.9. The van der Waals surface area contributed by atoms with Gasteiger partial charge in [-0.05, 0) is 160 Å². The number of hydrogen-bond acceptors (Lipinski definition) is 0. The Kier molecular flexibility index (Phi) is 7.36. The van der Waals surface area contributed by atoms with Crippen LogP contribution in [0.25, 0.3) is 132 Å². The predicted molar refractivity (Wildman–Crippen MR) is 291 cm³/mol. The molecular formula is C69H40. The average Bonchev–Trinajstić information content (AvgIpc) is 4.04. The summed E-state index contributed by atoms with van der Waals surface area (Å²) in [6.07, 6.45) is 0. The molecule has 0 N–H and O–H groups in total. The molecule has 3 aliphatic carbocycles. The van der Waals surface area contributed by atoms with Gasteiger partial charge in [-0.15, -0.1) is 0 Å². The summed E-state index contributed by atoms with van der Waals surface area (Å²) in [4.78, 5) is 0. The second kappa shape index (κ2) is 13.6. The second-order valence-electron chi connectivity index (χ2n) is 19.2. The highest BCUT2D eigenvalue weighted by Gasteiger charge is 2.53. The smallest absolute Gasteiger partial charge is 0.0622 e. The highest BCUT2D eigenvalue weighted by Crippen LogP contribution is 2.67. The molecule has 0 bridgehead atoms. The molecule has 3 aliphatic rings. The number of rotatable bonds is 3. The fraction of sp³-hybridized carbons (Fsp3) is 0.0145. The zero-order valence-electron chi connectivity index (χ0n) is 37.6. The summed E-state index contributed by atoms with van der Waals surface area (Å²) in [6, 6.07) is 91.9. The summed E-state index contributed by atoms with van der Waals surface area (Å²) in [7, 11) is 0. The van der Waals surface area contributed by atoms with Crippen molar-refractivity contribution < 1.29 is 0 Å². The van der Waals surface area contributed by atoms with E-state index in [2.05, 4.69) is 243 Å². The van der Waals surface area contributed by atoms with Gasteiger partial charge in [0.1, 0.15) is 0 Å². The molecule has 0 amide bonds. The van der Waals surface area contributed by atoms with Gasteiger partial charge in [-0.1, -0.05) is 237 Å². The van der Waals surface area contributed by atoms with Crippen molar-refractivity contribution in [1.82, 2.24) is 0 Å². The summed E-state index contributed by atoms with van der Waals surface area (Å²) in [5.41, 5.74) is 23.1. The minimum absolute atomic E-state index is 0.555.